The van der Waals surface area contributed by atoms with E-state index in [4.69, 9.17) is 0 Å². The van der Waals surface area contributed by atoms with Crippen LogP contribution in [0.1, 0.15) is 0 Å². The Morgan fingerprint density at radius 3 is 0.727 bits per heavy atom. The van der Waals surface area contributed by atoms with Gasteiger partial charge in [0.05, 0.1) is 0 Å². The molecule has 4 rings (SSSR count). The normalized spacial score (nSPS) is 11.6. The minimum Gasteiger partial charge on any atom is -0.207 e. The van der Waals surface area contributed by atoms with Crippen molar-refractivity contribution in [3.63, 3.8) is 0 Å². The Morgan fingerprint density at radius 2 is 0.545 bits per heavy atom. The summed E-state index contributed by atoms with van der Waals surface area (Å²) < 4.78 is 116. The van der Waals surface area contributed by atoms with Crippen molar-refractivity contribution in [3.05, 3.63) is 119 Å². The van der Waals surface area contributed by atoms with E-state index in [-0.39, 0.29) is 0 Å². The third-order valence-electron chi connectivity index (χ3n) is 5.08. The highest BCUT2D eigenvalue weighted by atomic mass is 31.2. The molecule has 0 radical (unpaired) electrons. The van der Waals surface area contributed by atoms with Crippen molar-refractivity contribution in [2.45, 2.75) is 0 Å². The lowest BCUT2D eigenvalue weighted by atomic mass is 10.3. The summed E-state index contributed by atoms with van der Waals surface area (Å²) in [6, 6.07) is 8.49. The molecule has 0 aliphatic rings. The number of benzene rings is 4. The van der Waals surface area contributed by atoms with Gasteiger partial charge in [-0.3, -0.25) is 0 Å². The van der Waals surface area contributed by atoms with Gasteiger partial charge in [0.1, 0.15) is 44.5 Å². The fourth-order valence-corrected chi connectivity index (χ4v) is 8.08. The third-order valence-corrected chi connectivity index (χ3v) is 9.43. The molecule has 0 unspecified atom stereocenters. The molecule has 4 aromatic carbocycles. The van der Waals surface area contributed by atoms with Crippen molar-refractivity contribution in [3.8, 4) is 0 Å². The molecule has 0 nitrogen and oxygen atoms in total. The molecular formula is C24H12F8P+. The number of hydrogen-bond donors (Lipinski definition) is 0. The summed E-state index contributed by atoms with van der Waals surface area (Å²) in [5.74, 6) is -9.19. The van der Waals surface area contributed by atoms with Crippen LogP contribution in [0.4, 0.5) is 35.1 Å². The van der Waals surface area contributed by atoms with Crippen LogP contribution in [0.3, 0.4) is 0 Å². The number of rotatable bonds is 4. The second-order valence-corrected chi connectivity index (χ2v) is 10.3. The van der Waals surface area contributed by atoms with Crippen LogP contribution in [0, 0.1) is 46.5 Å². The second-order valence-electron chi connectivity index (χ2n) is 7.05. The predicted molar refractivity (Wildman–Crippen MR) is 111 cm³/mol. The maximum absolute atomic E-state index is 15.2. The van der Waals surface area contributed by atoms with E-state index in [1.54, 1.807) is 0 Å². The zero-order valence-corrected chi connectivity index (χ0v) is 17.3. The summed E-state index contributed by atoms with van der Waals surface area (Å²) in [4.78, 5) is 0. The van der Waals surface area contributed by atoms with Gasteiger partial charge in [-0.2, -0.15) is 0 Å². The SMILES string of the molecule is Fc1ccc([P+](c2ccc(F)cc2F)(c2ccc(F)cc2F)c2ccc(F)cc2F)c(F)c1. The largest absolute Gasteiger partial charge is 0.207 e. The Morgan fingerprint density at radius 1 is 0.333 bits per heavy atom. The molecule has 9 heteroatoms. The van der Waals surface area contributed by atoms with Gasteiger partial charge >= 0.3 is 0 Å². The fourth-order valence-electron chi connectivity index (χ4n) is 3.79. The highest BCUT2D eigenvalue weighted by Gasteiger charge is 2.55. The Hall–Kier alpha value is -3.25. The van der Waals surface area contributed by atoms with Crippen molar-refractivity contribution >= 4 is 28.5 Å². The van der Waals surface area contributed by atoms with E-state index in [0.29, 0.717) is 24.3 Å². The second kappa shape index (κ2) is 8.60. The summed E-state index contributed by atoms with van der Waals surface area (Å²) in [5, 5.41) is -2.09. The van der Waals surface area contributed by atoms with Crippen LogP contribution in [0.2, 0.25) is 0 Å². The average Bonchev–Trinajstić information content (AvgIpc) is 2.72. The van der Waals surface area contributed by atoms with Crippen LogP contribution in [0.15, 0.2) is 72.8 Å². The lowest BCUT2D eigenvalue weighted by Gasteiger charge is -2.28. The zero-order valence-electron chi connectivity index (χ0n) is 16.4. The Bertz CT molecular complexity index is 1160. The van der Waals surface area contributed by atoms with Crippen LogP contribution in [-0.2, 0) is 0 Å². The van der Waals surface area contributed by atoms with E-state index in [1.165, 1.54) is 0 Å². The molecular weight excluding hydrogens is 471 g/mol. The molecule has 0 saturated heterocycles. The lowest BCUT2D eigenvalue weighted by molar-refractivity contribution is 0.586. The smallest absolute Gasteiger partial charge is 0.169 e. The quantitative estimate of drug-likeness (QED) is 0.269. The van der Waals surface area contributed by atoms with Crippen LogP contribution in [0.25, 0.3) is 0 Å². The molecule has 0 amide bonds. The Balaban J connectivity index is 2.28. The fraction of sp³-hybridized carbons (Fsp3) is 0. The highest BCUT2D eigenvalue weighted by molar-refractivity contribution is 8.01. The van der Waals surface area contributed by atoms with Gasteiger partial charge in [-0.1, -0.05) is 0 Å². The molecule has 4 aromatic rings. The minimum absolute atomic E-state index is 0.439. The standard InChI is InChI=1S/C24H12F8P/c25-13-1-5-21(17(29)9-13)33(22-6-2-14(26)10-18(22)30,23-7-3-15(27)11-19(23)31)24-8-4-16(28)12-20(24)32/h1-12H/q+1. The molecule has 33 heavy (non-hydrogen) atoms. The highest BCUT2D eigenvalue weighted by Crippen LogP contribution is 2.56. The van der Waals surface area contributed by atoms with Gasteiger partial charge < -0.3 is 0 Å². The van der Waals surface area contributed by atoms with Crippen molar-refractivity contribution in [1.82, 2.24) is 0 Å². The summed E-state index contributed by atoms with van der Waals surface area (Å²) in [7, 11) is -4.30. The van der Waals surface area contributed by atoms with Crippen LogP contribution < -0.4 is 21.2 Å². The van der Waals surface area contributed by atoms with Gasteiger partial charge in [-0.15, -0.1) is 0 Å². The maximum atomic E-state index is 15.2. The van der Waals surface area contributed by atoms with E-state index < -0.39 is 75.0 Å². The van der Waals surface area contributed by atoms with Crippen LogP contribution in [0.5, 0.6) is 0 Å². The topological polar surface area (TPSA) is 0 Å². The molecule has 0 atom stereocenters. The average molecular weight is 483 g/mol. The summed E-state index contributed by atoms with van der Waals surface area (Å²) in [5.41, 5.74) is 0. The molecule has 0 N–H and O–H groups in total. The first-order valence-electron chi connectivity index (χ1n) is 9.36. The molecule has 0 fully saturated rings. The molecule has 0 saturated carbocycles. The minimum atomic E-state index is -4.30. The van der Waals surface area contributed by atoms with Crippen molar-refractivity contribution in [2.75, 3.05) is 0 Å². The molecule has 0 aliphatic heterocycles. The predicted octanol–water partition coefficient (Wildman–Crippen LogP) is 5.42. The summed E-state index contributed by atoms with van der Waals surface area (Å²) >= 11 is 0. The van der Waals surface area contributed by atoms with E-state index >= 15 is 17.6 Å². The first-order chi connectivity index (χ1) is 15.6. The van der Waals surface area contributed by atoms with Crippen LogP contribution >= 0.6 is 7.26 Å². The van der Waals surface area contributed by atoms with Gasteiger partial charge in [0.25, 0.3) is 0 Å². The third kappa shape index (κ3) is 3.89. The first-order valence-corrected chi connectivity index (χ1v) is 11.1. The molecule has 0 aromatic heterocycles. The Labute approximate surface area is 183 Å². The van der Waals surface area contributed by atoms with E-state index in [9.17, 15) is 17.6 Å². The lowest BCUT2D eigenvalue weighted by Crippen LogP contribution is -2.43. The van der Waals surface area contributed by atoms with Crippen molar-refractivity contribution < 1.29 is 35.1 Å². The maximum Gasteiger partial charge on any atom is 0.169 e. The van der Waals surface area contributed by atoms with E-state index in [1.807, 2.05) is 0 Å². The van der Waals surface area contributed by atoms with E-state index in [0.717, 1.165) is 48.5 Å². The van der Waals surface area contributed by atoms with Gasteiger partial charge in [0.15, 0.2) is 30.5 Å². The van der Waals surface area contributed by atoms with Gasteiger partial charge in [0.2, 0.25) is 0 Å². The molecule has 0 bridgehead atoms. The van der Waals surface area contributed by atoms with Gasteiger partial charge in [-0.05, 0) is 48.5 Å². The molecule has 168 valence electrons. The number of halogens is 8. The van der Waals surface area contributed by atoms with Crippen molar-refractivity contribution in [1.29, 1.82) is 0 Å². The molecule has 0 heterocycles. The van der Waals surface area contributed by atoms with Gasteiger partial charge in [-0.25, -0.2) is 35.1 Å². The number of hydrogen-bond acceptors (Lipinski definition) is 0. The first kappa shape index (κ1) is 22.9. The van der Waals surface area contributed by atoms with Crippen molar-refractivity contribution in [2.24, 2.45) is 0 Å². The molecule has 0 aliphatic carbocycles. The summed E-state index contributed by atoms with van der Waals surface area (Å²) in [6.45, 7) is 0. The van der Waals surface area contributed by atoms with Crippen LogP contribution in [-0.4, -0.2) is 0 Å². The molecule has 0 spiro atoms. The van der Waals surface area contributed by atoms with E-state index in [2.05, 4.69) is 0 Å². The monoisotopic (exact) mass is 483 g/mol. The zero-order chi connectivity index (χ0) is 23.9. The van der Waals surface area contributed by atoms with Gasteiger partial charge in [0, 0.05) is 24.3 Å². The Kier molecular flexibility index (Phi) is 5.97. The summed E-state index contributed by atoms with van der Waals surface area (Å²) in [6.07, 6.45) is 0.